The second-order valence-corrected chi connectivity index (χ2v) is 11.8. The van der Waals surface area contributed by atoms with Crippen LogP contribution in [0.3, 0.4) is 0 Å². The van der Waals surface area contributed by atoms with E-state index in [4.69, 9.17) is 27.9 Å². The van der Waals surface area contributed by atoms with Gasteiger partial charge in [0.25, 0.3) is 15.9 Å². The number of aromatic nitrogens is 3. The maximum atomic E-state index is 13.9. The number of benzene rings is 1. The molecule has 1 N–H and O–H groups in total. The SMILES string of the molecule is Cc1cc(C(F)(F)F)nc2c1cc(C(O)c1c(Cl)cnc(C(=O)N3CCOCC3)c1Cl)n2S(=O)(=O)c1ccccc1. The first-order valence-corrected chi connectivity index (χ1v) is 14.3. The third-order valence-electron chi connectivity index (χ3n) is 6.60. The fourth-order valence-corrected chi connectivity index (χ4v) is 6.70. The molecule has 1 saturated heterocycles. The molecule has 9 nitrogen and oxygen atoms in total. The molecular formula is C26H21Cl2F3N4O5S. The van der Waals surface area contributed by atoms with Gasteiger partial charge in [0.15, 0.2) is 5.65 Å². The van der Waals surface area contributed by atoms with Crippen molar-refractivity contribution in [3.05, 3.63) is 86.9 Å². The second-order valence-electron chi connectivity index (χ2n) is 9.20. The molecule has 41 heavy (non-hydrogen) atoms. The van der Waals surface area contributed by atoms with Crippen molar-refractivity contribution in [1.29, 1.82) is 0 Å². The normalized spacial score (nSPS) is 15.3. The molecule has 1 aliphatic rings. The summed E-state index contributed by atoms with van der Waals surface area (Å²) in [6.07, 6.45) is -5.71. The third-order valence-corrected chi connectivity index (χ3v) is 9.02. The molecule has 5 rings (SSSR count). The fraction of sp³-hybridized carbons (Fsp3) is 0.269. The van der Waals surface area contributed by atoms with E-state index in [-0.39, 0.29) is 50.2 Å². The summed E-state index contributed by atoms with van der Waals surface area (Å²) in [6, 6.07) is 8.94. The number of ether oxygens (including phenoxy) is 1. The first kappa shape index (κ1) is 29.3. The smallest absolute Gasteiger partial charge is 0.382 e. The predicted molar refractivity (Wildman–Crippen MR) is 144 cm³/mol. The van der Waals surface area contributed by atoms with Crippen molar-refractivity contribution >= 4 is 50.2 Å². The number of hydrogen-bond donors (Lipinski definition) is 1. The summed E-state index contributed by atoms with van der Waals surface area (Å²) in [5.41, 5.74) is -2.69. The van der Waals surface area contributed by atoms with Crippen molar-refractivity contribution in [2.75, 3.05) is 26.3 Å². The van der Waals surface area contributed by atoms with Gasteiger partial charge < -0.3 is 14.7 Å². The lowest BCUT2D eigenvalue weighted by Crippen LogP contribution is -2.41. The van der Waals surface area contributed by atoms with Gasteiger partial charge in [0.1, 0.15) is 17.5 Å². The van der Waals surface area contributed by atoms with Gasteiger partial charge in [-0.1, -0.05) is 41.4 Å². The Morgan fingerprint density at radius 1 is 1.12 bits per heavy atom. The number of amides is 1. The Morgan fingerprint density at radius 2 is 1.78 bits per heavy atom. The molecule has 0 radical (unpaired) electrons. The minimum absolute atomic E-state index is 0.0393. The van der Waals surface area contributed by atoms with E-state index in [0.717, 1.165) is 12.3 Å². The van der Waals surface area contributed by atoms with Crippen LogP contribution in [-0.4, -0.2) is 64.6 Å². The molecule has 0 saturated carbocycles. The van der Waals surface area contributed by atoms with Crippen LogP contribution < -0.4 is 0 Å². The van der Waals surface area contributed by atoms with Gasteiger partial charge in [0, 0.05) is 30.2 Å². The van der Waals surface area contributed by atoms with Crippen LogP contribution in [0.2, 0.25) is 10.0 Å². The lowest BCUT2D eigenvalue weighted by molar-refractivity contribution is -0.141. The monoisotopic (exact) mass is 628 g/mol. The highest BCUT2D eigenvalue weighted by Crippen LogP contribution is 2.40. The van der Waals surface area contributed by atoms with E-state index in [9.17, 15) is 31.5 Å². The molecule has 1 fully saturated rings. The van der Waals surface area contributed by atoms with E-state index in [0.29, 0.717) is 17.2 Å². The zero-order valence-corrected chi connectivity index (χ0v) is 23.5. The molecule has 0 bridgehead atoms. The van der Waals surface area contributed by atoms with Gasteiger partial charge in [-0.15, -0.1) is 0 Å². The van der Waals surface area contributed by atoms with Crippen molar-refractivity contribution in [2.45, 2.75) is 24.1 Å². The lowest BCUT2D eigenvalue weighted by atomic mass is 10.1. The number of alkyl halides is 3. The zero-order valence-electron chi connectivity index (χ0n) is 21.2. The number of carbonyl (C=O) groups excluding carboxylic acids is 1. The number of fused-ring (bicyclic) bond motifs is 1. The van der Waals surface area contributed by atoms with Crippen LogP contribution in [0.4, 0.5) is 13.2 Å². The molecule has 1 aliphatic heterocycles. The van der Waals surface area contributed by atoms with Gasteiger partial charge in [0.05, 0.1) is 33.8 Å². The molecule has 1 atom stereocenters. The minimum atomic E-state index is -4.88. The second kappa shape index (κ2) is 10.9. The third kappa shape index (κ3) is 5.28. The fourth-order valence-electron chi connectivity index (χ4n) is 4.56. The van der Waals surface area contributed by atoms with Crippen LogP contribution in [0.1, 0.15) is 39.1 Å². The number of rotatable bonds is 5. The Kier molecular flexibility index (Phi) is 7.76. The maximum Gasteiger partial charge on any atom is 0.433 e. The number of aliphatic hydroxyl groups excluding tert-OH is 1. The summed E-state index contributed by atoms with van der Waals surface area (Å²) in [6.45, 7) is 2.51. The number of aryl methyl sites for hydroxylation is 1. The predicted octanol–water partition coefficient (Wildman–Crippen LogP) is 4.86. The van der Waals surface area contributed by atoms with Crippen LogP contribution in [-0.2, 0) is 20.9 Å². The van der Waals surface area contributed by atoms with E-state index in [1.165, 1.54) is 42.2 Å². The van der Waals surface area contributed by atoms with Gasteiger partial charge in [-0.25, -0.2) is 22.4 Å². The van der Waals surface area contributed by atoms with Crippen LogP contribution in [0.25, 0.3) is 11.0 Å². The molecule has 1 unspecified atom stereocenters. The number of halogens is 5. The molecule has 4 heterocycles. The maximum absolute atomic E-state index is 13.9. The standard InChI is InChI=1S/C26H21Cl2F3N4O5S/c1-14-11-19(26(29,30)31)33-24-16(14)12-18(35(24)41(38,39)15-5-3-2-4-6-15)23(36)20-17(27)13-32-22(21(20)28)25(37)34-7-9-40-10-8-34/h2-6,11-13,23,36H,7-10H2,1H3. The number of nitrogens with zero attached hydrogens (tertiary/aromatic N) is 4. The minimum Gasteiger partial charge on any atom is -0.382 e. The average molecular weight is 629 g/mol. The van der Waals surface area contributed by atoms with Crippen LogP contribution >= 0.6 is 23.2 Å². The van der Waals surface area contributed by atoms with E-state index >= 15 is 0 Å². The molecule has 0 spiro atoms. The zero-order chi connectivity index (χ0) is 29.7. The van der Waals surface area contributed by atoms with Crippen LogP contribution in [0.5, 0.6) is 0 Å². The molecule has 1 amide bonds. The molecule has 216 valence electrons. The molecule has 3 aromatic heterocycles. The van der Waals surface area contributed by atoms with Crippen LogP contribution in [0, 0.1) is 6.92 Å². The summed E-state index contributed by atoms with van der Waals surface area (Å²) in [5, 5.41) is 11.1. The average Bonchev–Trinajstić information content (AvgIpc) is 3.34. The molecule has 0 aliphatic carbocycles. The highest BCUT2D eigenvalue weighted by atomic mass is 35.5. The van der Waals surface area contributed by atoms with Gasteiger partial charge >= 0.3 is 6.18 Å². The van der Waals surface area contributed by atoms with Crippen molar-refractivity contribution in [3.8, 4) is 0 Å². The number of morpholine rings is 1. The topological polar surface area (TPSA) is 115 Å². The summed E-state index contributed by atoms with van der Waals surface area (Å²) >= 11 is 12.9. The van der Waals surface area contributed by atoms with Gasteiger partial charge in [-0.05, 0) is 36.8 Å². The Morgan fingerprint density at radius 3 is 2.41 bits per heavy atom. The highest BCUT2D eigenvalue weighted by Gasteiger charge is 2.37. The summed E-state index contributed by atoms with van der Waals surface area (Å²) < 4.78 is 74.6. The molecule has 1 aromatic carbocycles. The number of aliphatic hydroxyl groups is 1. The number of pyridine rings is 2. The van der Waals surface area contributed by atoms with Gasteiger partial charge in [-0.2, -0.15) is 13.2 Å². The van der Waals surface area contributed by atoms with Gasteiger partial charge in [-0.3, -0.25) is 4.79 Å². The quantitative estimate of drug-likeness (QED) is 0.336. The summed E-state index contributed by atoms with van der Waals surface area (Å²) in [5.74, 6) is -0.562. The molecular weight excluding hydrogens is 608 g/mol. The Hall–Kier alpha value is -3.23. The molecule has 4 aromatic rings. The largest absolute Gasteiger partial charge is 0.433 e. The number of hydrogen-bond acceptors (Lipinski definition) is 7. The van der Waals surface area contributed by atoms with E-state index < -0.39 is 45.2 Å². The summed E-state index contributed by atoms with van der Waals surface area (Å²) in [4.78, 5) is 22.0. The first-order chi connectivity index (χ1) is 19.3. The highest BCUT2D eigenvalue weighted by molar-refractivity contribution is 7.90. The van der Waals surface area contributed by atoms with E-state index in [1.807, 2.05) is 0 Å². The van der Waals surface area contributed by atoms with Crippen molar-refractivity contribution in [3.63, 3.8) is 0 Å². The van der Waals surface area contributed by atoms with E-state index in [1.54, 1.807) is 6.07 Å². The number of carbonyl (C=O) groups is 1. The summed E-state index contributed by atoms with van der Waals surface area (Å²) in [7, 11) is -4.62. The van der Waals surface area contributed by atoms with Crippen molar-refractivity contribution in [2.24, 2.45) is 0 Å². The van der Waals surface area contributed by atoms with Crippen LogP contribution in [0.15, 0.2) is 53.6 Å². The van der Waals surface area contributed by atoms with E-state index in [2.05, 4.69) is 9.97 Å². The Bertz CT molecular complexity index is 1760. The van der Waals surface area contributed by atoms with Gasteiger partial charge in [0.2, 0.25) is 0 Å². The molecule has 15 heteroatoms. The lowest BCUT2D eigenvalue weighted by Gasteiger charge is -2.27. The Balaban J connectivity index is 1.75. The van der Waals surface area contributed by atoms with Crippen molar-refractivity contribution < 1.29 is 36.2 Å². The first-order valence-electron chi connectivity index (χ1n) is 12.1. The Labute approximate surface area is 242 Å². The van der Waals surface area contributed by atoms with Crippen molar-refractivity contribution in [1.82, 2.24) is 18.8 Å².